The van der Waals surface area contributed by atoms with E-state index in [1.54, 1.807) is 31.5 Å². The molecular formula is C21H29N7O3. The Morgan fingerprint density at radius 3 is 2.81 bits per heavy atom. The van der Waals surface area contributed by atoms with Gasteiger partial charge in [-0.3, -0.25) is 9.20 Å². The predicted molar refractivity (Wildman–Crippen MR) is 113 cm³/mol. The molecule has 1 fully saturated rings. The molecule has 1 unspecified atom stereocenters. The summed E-state index contributed by atoms with van der Waals surface area (Å²) in [6, 6.07) is 3.73. The first-order valence-electron chi connectivity index (χ1n) is 10.7. The van der Waals surface area contributed by atoms with E-state index in [4.69, 9.17) is 4.74 Å². The summed E-state index contributed by atoms with van der Waals surface area (Å²) in [5, 5.41) is 24.7. The number of hydrogen-bond acceptors (Lipinski definition) is 7. The Morgan fingerprint density at radius 1 is 1.35 bits per heavy atom. The molecule has 0 radical (unpaired) electrons. The summed E-state index contributed by atoms with van der Waals surface area (Å²) in [7, 11) is 1.62. The van der Waals surface area contributed by atoms with Crippen LogP contribution in [0.25, 0.3) is 5.65 Å². The molecule has 3 aromatic rings. The van der Waals surface area contributed by atoms with Crippen molar-refractivity contribution in [3.05, 3.63) is 35.5 Å². The summed E-state index contributed by atoms with van der Waals surface area (Å²) in [5.74, 6) is 1.07. The summed E-state index contributed by atoms with van der Waals surface area (Å²) in [4.78, 5) is 19.1. The van der Waals surface area contributed by atoms with Gasteiger partial charge in [0.05, 0.1) is 26.0 Å². The Balaban J connectivity index is 1.58. The van der Waals surface area contributed by atoms with Crippen LogP contribution in [0.4, 0.5) is 0 Å². The molecule has 0 spiro atoms. The highest BCUT2D eigenvalue weighted by atomic mass is 16.5. The average molecular weight is 428 g/mol. The van der Waals surface area contributed by atoms with Gasteiger partial charge in [0.25, 0.3) is 5.91 Å². The van der Waals surface area contributed by atoms with Crippen LogP contribution in [-0.4, -0.2) is 53.8 Å². The van der Waals surface area contributed by atoms with Gasteiger partial charge in [-0.1, -0.05) is 19.3 Å². The number of tetrazole rings is 1. The van der Waals surface area contributed by atoms with Crippen molar-refractivity contribution in [1.29, 1.82) is 0 Å². The monoisotopic (exact) mass is 427 g/mol. The van der Waals surface area contributed by atoms with E-state index in [0.29, 0.717) is 35.3 Å². The number of pyridine rings is 1. The zero-order valence-corrected chi connectivity index (χ0v) is 18.2. The number of rotatable bonds is 7. The zero-order valence-electron chi connectivity index (χ0n) is 18.2. The summed E-state index contributed by atoms with van der Waals surface area (Å²) < 4.78 is 7.84. The third-order valence-electron chi connectivity index (χ3n) is 5.91. The minimum Gasteiger partial charge on any atom is -0.489 e. The summed E-state index contributed by atoms with van der Waals surface area (Å²) in [6.07, 6.45) is 8.00. The average Bonchev–Trinajstić information content (AvgIpc) is 3.36. The Kier molecular flexibility index (Phi) is 5.90. The molecule has 0 bridgehead atoms. The molecule has 0 aromatic carbocycles. The standard InChI is InChI=1S/C21H29N7O3/c1-14-17(19(30)23-21(2,13-29)20-24-26-27(3)25-20)28-11-7-10-16(18(28)22-14)31-12-15-8-5-4-6-9-15/h7,10-11,15,29H,4-6,8-9,12-13H2,1-3H3,(H,23,30). The fourth-order valence-electron chi connectivity index (χ4n) is 4.08. The van der Waals surface area contributed by atoms with E-state index >= 15 is 0 Å². The Hall–Kier alpha value is -3.01. The van der Waals surface area contributed by atoms with Crippen molar-refractivity contribution >= 4 is 11.6 Å². The lowest BCUT2D eigenvalue weighted by atomic mass is 9.90. The first-order chi connectivity index (χ1) is 14.9. The van der Waals surface area contributed by atoms with Crippen molar-refractivity contribution in [1.82, 2.24) is 34.9 Å². The van der Waals surface area contributed by atoms with Crippen LogP contribution in [0.2, 0.25) is 0 Å². The van der Waals surface area contributed by atoms with Crippen molar-refractivity contribution in [2.75, 3.05) is 13.2 Å². The van der Waals surface area contributed by atoms with E-state index in [0.717, 1.165) is 0 Å². The molecule has 0 aliphatic heterocycles. The Bertz CT molecular complexity index is 1070. The number of ether oxygens (including phenoxy) is 1. The maximum absolute atomic E-state index is 13.2. The topological polar surface area (TPSA) is 119 Å². The molecule has 10 heteroatoms. The second-order valence-corrected chi connectivity index (χ2v) is 8.47. The number of nitrogens with one attached hydrogen (secondary N) is 1. The van der Waals surface area contributed by atoms with E-state index in [-0.39, 0.29) is 12.4 Å². The number of carbonyl (C=O) groups excluding carboxylic acids is 1. The van der Waals surface area contributed by atoms with Gasteiger partial charge in [-0.2, -0.15) is 4.80 Å². The summed E-state index contributed by atoms with van der Waals surface area (Å²) in [6.45, 7) is 3.72. The van der Waals surface area contributed by atoms with Gasteiger partial charge in [-0.15, -0.1) is 10.2 Å². The molecule has 1 atom stereocenters. The number of nitrogens with zero attached hydrogens (tertiary/aromatic N) is 6. The molecule has 10 nitrogen and oxygen atoms in total. The highest BCUT2D eigenvalue weighted by Gasteiger charge is 2.34. The number of aromatic nitrogens is 6. The number of carbonyl (C=O) groups is 1. The Labute approximate surface area is 180 Å². The first-order valence-corrected chi connectivity index (χ1v) is 10.7. The number of imidazole rings is 1. The SMILES string of the molecule is Cc1nc2c(OCC3CCCCC3)cccn2c1C(=O)NC(C)(CO)c1nnn(C)n1. The van der Waals surface area contributed by atoms with Crippen LogP contribution in [0.1, 0.15) is 61.0 Å². The molecular weight excluding hydrogens is 398 g/mol. The number of amides is 1. The summed E-state index contributed by atoms with van der Waals surface area (Å²) in [5.41, 5.74) is 0.362. The van der Waals surface area contributed by atoms with Crippen molar-refractivity contribution in [2.45, 2.75) is 51.5 Å². The number of fused-ring (bicyclic) bond motifs is 1. The molecule has 1 amide bonds. The van der Waals surface area contributed by atoms with Gasteiger partial charge in [-0.05, 0) is 50.0 Å². The number of hydrogen-bond donors (Lipinski definition) is 2. The molecule has 3 heterocycles. The number of aliphatic hydroxyl groups excluding tert-OH is 1. The maximum Gasteiger partial charge on any atom is 0.271 e. The van der Waals surface area contributed by atoms with Crippen LogP contribution in [0, 0.1) is 12.8 Å². The molecule has 1 saturated carbocycles. The van der Waals surface area contributed by atoms with Gasteiger partial charge < -0.3 is 15.2 Å². The molecule has 31 heavy (non-hydrogen) atoms. The lowest BCUT2D eigenvalue weighted by Gasteiger charge is -2.25. The normalized spacial score (nSPS) is 16.9. The fraction of sp³-hybridized carbons (Fsp3) is 0.571. The smallest absolute Gasteiger partial charge is 0.271 e. The third kappa shape index (κ3) is 4.25. The molecule has 1 aliphatic rings. The van der Waals surface area contributed by atoms with Gasteiger partial charge in [0, 0.05) is 6.20 Å². The highest BCUT2D eigenvalue weighted by molar-refractivity contribution is 5.95. The molecule has 0 saturated heterocycles. The first kappa shape index (κ1) is 21.2. The van der Waals surface area contributed by atoms with E-state index < -0.39 is 11.4 Å². The van der Waals surface area contributed by atoms with Gasteiger partial charge in [0.15, 0.2) is 11.4 Å². The Morgan fingerprint density at radius 2 is 2.13 bits per heavy atom. The van der Waals surface area contributed by atoms with Gasteiger partial charge in [0.2, 0.25) is 5.82 Å². The van der Waals surface area contributed by atoms with Crippen LogP contribution in [0.3, 0.4) is 0 Å². The largest absolute Gasteiger partial charge is 0.489 e. The highest BCUT2D eigenvalue weighted by Crippen LogP contribution is 2.27. The quantitative estimate of drug-likeness (QED) is 0.590. The zero-order chi connectivity index (χ0) is 22.0. The maximum atomic E-state index is 13.2. The van der Waals surface area contributed by atoms with Crippen LogP contribution < -0.4 is 10.1 Å². The molecule has 4 rings (SSSR count). The number of aliphatic hydroxyl groups is 1. The van der Waals surface area contributed by atoms with Crippen molar-refractivity contribution in [3.63, 3.8) is 0 Å². The lowest BCUT2D eigenvalue weighted by molar-refractivity contribution is 0.0832. The van der Waals surface area contributed by atoms with Crippen LogP contribution in [0.15, 0.2) is 18.3 Å². The van der Waals surface area contributed by atoms with E-state index in [1.807, 2.05) is 12.1 Å². The van der Waals surface area contributed by atoms with E-state index in [9.17, 15) is 9.90 Å². The minimum atomic E-state index is -1.18. The van der Waals surface area contributed by atoms with Gasteiger partial charge in [0.1, 0.15) is 11.2 Å². The minimum absolute atomic E-state index is 0.230. The van der Waals surface area contributed by atoms with Crippen LogP contribution >= 0.6 is 0 Å². The molecule has 3 aromatic heterocycles. The van der Waals surface area contributed by atoms with Crippen LogP contribution in [0.5, 0.6) is 5.75 Å². The van der Waals surface area contributed by atoms with E-state index in [1.165, 1.54) is 36.9 Å². The van der Waals surface area contributed by atoms with Crippen molar-refractivity contribution in [3.8, 4) is 5.75 Å². The third-order valence-corrected chi connectivity index (χ3v) is 5.91. The molecule has 166 valence electrons. The van der Waals surface area contributed by atoms with Crippen LogP contribution in [-0.2, 0) is 12.6 Å². The van der Waals surface area contributed by atoms with E-state index in [2.05, 4.69) is 25.7 Å². The number of aryl methyl sites for hydroxylation is 2. The van der Waals surface area contributed by atoms with Gasteiger partial charge in [-0.25, -0.2) is 4.98 Å². The summed E-state index contributed by atoms with van der Waals surface area (Å²) >= 11 is 0. The lowest BCUT2D eigenvalue weighted by Crippen LogP contribution is -2.47. The second-order valence-electron chi connectivity index (χ2n) is 8.47. The van der Waals surface area contributed by atoms with Crippen molar-refractivity contribution < 1.29 is 14.6 Å². The molecule has 1 aliphatic carbocycles. The fourth-order valence-corrected chi connectivity index (χ4v) is 4.08. The molecule has 2 N–H and O–H groups in total. The second kappa shape index (κ2) is 8.62. The van der Waals surface area contributed by atoms with Crippen molar-refractivity contribution in [2.24, 2.45) is 13.0 Å². The van der Waals surface area contributed by atoms with Gasteiger partial charge >= 0.3 is 0 Å². The predicted octanol–water partition coefficient (Wildman–Crippen LogP) is 1.76.